The summed E-state index contributed by atoms with van der Waals surface area (Å²) in [6.07, 6.45) is 7.17. The molecule has 2 rings (SSSR count). The molecule has 2 saturated carbocycles. The topological polar surface area (TPSA) is 12.0 Å². The van der Waals surface area contributed by atoms with Gasteiger partial charge in [0.25, 0.3) is 0 Å². The minimum atomic E-state index is 0.825. The van der Waals surface area contributed by atoms with E-state index in [1.807, 2.05) is 0 Å². The molecule has 0 bridgehead atoms. The van der Waals surface area contributed by atoms with Gasteiger partial charge in [-0.05, 0) is 43.4 Å². The van der Waals surface area contributed by atoms with Gasteiger partial charge in [0, 0.05) is 12.1 Å². The van der Waals surface area contributed by atoms with Gasteiger partial charge in [-0.25, -0.2) is 0 Å². The van der Waals surface area contributed by atoms with E-state index in [2.05, 4.69) is 26.1 Å². The molecule has 0 unspecified atom stereocenters. The summed E-state index contributed by atoms with van der Waals surface area (Å²) < 4.78 is 0. The van der Waals surface area contributed by atoms with Crippen LogP contribution in [0.3, 0.4) is 0 Å². The Morgan fingerprint density at radius 1 is 1.07 bits per heavy atom. The van der Waals surface area contributed by atoms with E-state index in [1.54, 1.807) is 0 Å². The van der Waals surface area contributed by atoms with Crippen LogP contribution in [0.4, 0.5) is 0 Å². The fourth-order valence-corrected chi connectivity index (χ4v) is 2.95. The van der Waals surface area contributed by atoms with Gasteiger partial charge in [-0.3, -0.25) is 0 Å². The summed E-state index contributed by atoms with van der Waals surface area (Å²) in [6, 6.07) is 1.71. The zero-order valence-corrected chi connectivity index (χ0v) is 9.92. The highest BCUT2D eigenvalue weighted by Crippen LogP contribution is 2.35. The molecule has 2 fully saturated rings. The summed E-state index contributed by atoms with van der Waals surface area (Å²) in [7, 11) is 0. The summed E-state index contributed by atoms with van der Waals surface area (Å²) in [5.41, 5.74) is 0. The van der Waals surface area contributed by atoms with Gasteiger partial charge >= 0.3 is 0 Å². The summed E-state index contributed by atoms with van der Waals surface area (Å²) in [5.74, 6) is 2.74. The molecule has 0 spiro atoms. The van der Waals surface area contributed by atoms with Crippen molar-refractivity contribution in [2.75, 3.05) is 0 Å². The number of nitrogens with one attached hydrogen (secondary N) is 1. The molecular formula is C13H25N. The Labute approximate surface area is 88.7 Å². The Morgan fingerprint density at radius 3 is 2.36 bits per heavy atom. The first-order valence-corrected chi connectivity index (χ1v) is 6.43. The highest BCUT2D eigenvalue weighted by molar-refractivity contribution is 4.91. The molecule has 0 radical (unpaired) electrons. The van der Waals surface area contributed by atoms with Crippen LogP contribution in [0, 0.1) is 17.8 Å². The average molecular weight is 195 g/mol. The van der Waals surface area contributed by atoms with E-state index in [0.29, 0.717) is 0 Å². The van der Waals surface area contributed by atoms with Crippen molar-refractivity contribution in [2.24, 2.45) is 17.8 Å². The van der Waals surface area contributed by atoms with Crippen molar-refractivity contribution in [3.63, 3.8) is 0 Å². The first-order chi connectivity index (χ1) is 6.66. The van der Waals surface area contributed by atoms with Gasteiger partial charge in [-0.15, -0.1) is 0 Å². The highest BCUT2D eigenvalue weighted by atomic mass is 15.0. The third kappa shape index (κ3) is 2.50. The molecule has 3 atom stereocenters. The number of rotatable bonds is 3. The molecular weight excluding hydrogens is 170 g/mol. The van der Waals surface area contributed by atoms with Gasteiger partial charge in [0.05, 0.1) is 0 Å². The molecule has 0 aliphatic heterocycles. The van der Waals surface area contributed by atoms with Crippen LogP contribution in [0.2, 0.25) is 0 Å². The van der Waals surface area contributed by atoms with E-state index in [1.165, 1.54) is 32.1 Å². The second-order valence-electron chi connectivity index (χ2n) is 5.87. The minimum absolute atomic E-state index is 0.825. The normalized spacial score (nSPS) is 39.0. The van der Waals surface area contributed by atoms with Crippen molar-refractivity contribution >= 4 is 0 Å². The summed E-state index contributed by atoms with van der Waals surface area (Å²) >= 11 is 0. The third-order valence-electron chi connectivity index (χ3n) is 4.05. The van der Waals surface area contributed by atoms with Crippen molar-refractivity contribution in [1.82, 2.24) is 5.32 Å². The van der Waals surface area contributed by atoms with Crippen LogP contribution in [-0.4, -0.2) is 12.1 Å². The SMILES string of the molecule is CC(C)[C@@H]1CC[C@H](C)C[C@H]1NC1CC1. The van der Waals surface area contributed by atoms with Crippen LogP contribution in [-0.2, 0) is 0 Å². The van der Waals surface area contributed by atoms with Gasteiger partial charge in [0.1, 0.15) is 0 Å². The van der Waals surface area contributed by atoms with E-state index in [9.17, 15) is 0 Å². The van der Waals surface area contributed by atoms with Gasteiger partial charge < -0.3 is 5.32 Å². The molecule has 2 aliphatic carbocycles. The van der Waals surface area contributed by atoms with Crippen LogP contribution < -0.4 is 5.32 Å². The van der Waals surface area contributed by atoms with E-state index in [0.717, 1.165) is 29.8 Å². The van der Waals surface area contributed by atoms with Crippen LogP contribution >= 0.6 is 0 Å². The monoisotopic (exact) mass is 195 g/mol. The van der Waals surface area contributed by atoms with Crippen molar-refractivity contribution in [3.8, 4) is 0 Å². The Hall–Kier alpha value is -0.0400. The predicted octanol–water partition coefficient (Wildman–Crippen LogP) is 3.20. The number of hydrogen-bond donors (Lipinski definition) is 1. The lowest BCUT2D eigenvalue weighted by Gasteiger charge is -2.38. The Balaban J connectivity index is 1.91. The van der Waals surface area contributed by atoms with Gasteiger partial charge in [-0.1, -0.05) is 27.2 Å². The fraction of sp³-hybridized carbons (Fsp3) is 1.00. The maximum Gasteiger partial charge on any atom is 0.0103 e. The Bertz CT molecular complexity index is 182. The predicted molar refractivity (Wildman–Crippen MR) is 61.3 cm³/mol. The van der Waals surface area contributed by atoms with Crippen LogP contribution in [0.1, 0.15) is 52.9 Å². The molecule has 1 nitrogen and oxygen atoms in total. The maximum absolute atomic E-state index is 3.85. The largest absolute Gasteiger partial charge is 0.311 e. The lowest BCUT2D eigenvalue weighted by atomic mass is 9.74. The van der Waals surface area contributed by atoms with Gasteiger partial charge in [0.15, 0.2) is 0 Å². The lowest BCUT2D eigenvalue weighted by molar-refractivity contribution is 0.169. The van der Waals surface area contributed by atoms with E-state index in [-0.39, 0.29) is 0 Å². The smallest absolute Gasteiger partial charge is 0.0103 e. The molecule has 82 valence electrons. The molecule has 0 heterocycles. The van der Waals surface area contributed by atoms with Crippen LogP contribution in [0.15, 0.2) is 0 Å². The van der Waals surface area contributed by atoms with Crippen molar-refractivity contribution in [2.45, 2.75) is 65.0 Å². The molecule has 2 aliphatic rings. The van der Waals surface area contributed by atoms with Gasteiger partial charge in [0.2, 0.25) is 0 Å². The fourth-order valence-electron chi connectivity index (χ4n) is 2.95. The zero-order chi connectivity index (χ0) is 10.1. The zero-order valence-electron chi connectivity index (χ0n) is 9.92. The van der Waals surface area contributed by atoms with E-state index < -0.39 is 0 Å². The summed E-state index contributed by atoms with van der Waals surface area (Å²) in [4.78, 5) is 0. The summed E-state index contributed by atoms with van der Waals surface area (Å²) in [5, 5.41) is 3.85. The van der Waals surface area contributed by atoms with Crippen LogP contribution in [0.5, 0.6) is 0 Å². The first-order valence-electron chi connectivity index (χ1n) is 6.43. The molecule has 1 N–H and O–H groups in total. The van der Waals surface area contributed by atoms with Crippen molar-refractivity contribution < 1.29 is 0 Å². The summed E-state index contributed by atoms with van der Waals surface area (Å²) in [6.45, 7) is 7.20. The second kappa shape index (κ2) is 4.22. The average Bonchev–Trinajstić information content (AvgIpc) is 2.87. The first kappa shape index (κ1) is 10.5. The third-order valence-corrected chi connectivity index (χ3v) is 4.05. The molecule has 1 heteroatoms. The molecule has 0 aromatic heterocycles. The Kier molecular flexibility index (Phi) is 3.16. The highest BCUT2D eigenvalue weighted by Gasteiger charge is 2.34. The van der Waals surface area contributed by atoms with Crippen LogP contribution in [0.25, 0.3) is 0 Å². The minimum Gasteiger partial charge on any atom is -0.311 e. The number of hydrogen-bond acceptors (Lipinski definition) is 1. The van der Waals surface area contributed by atoms with E-state index in [4.69, 9.17) is 0 Å². The molecule has 0 saturated heterocycles. The molecule has 0 aromatic rings. The quantitative estimate of drug-likeness (QED) is 0.729. The van der Waals surface area contributed by atoms with Crippen molar-refractivity contribution in [3.05, 3.63) is 0 Å². The van der Waals surface area contributed by atoms with E-state index >= 15 is 0 Å². The lowest BCUT2D eigenvalue weighted by Crippen LogP contribution is -2.43. The second-order valence-corrected chi connectivity index (χ2v) is 5.87. The Morgan fingerprint density at radius 2 is 1.79 bits per heavy atom. The molecule has 0 aromatic carbocycles. The maximum atomic E-state index is 3.85. The van der Waals surface area contributed by atoms with Crippen molar-refractivity contribution in [1.29, 1.82) is 0 Å². The molecule has 0 amide bonds. The van der Waals surface area contributed by atoms with Gasteiger partial charge in [-0.2, -0.15) is 0 Å². The standard InChI is InChI=1S/C13H25N/c1-9(2)12-7-4-10(3)8-13(12)14-11-5-6-11/h9-14H,4-8H2,1-3H3/t10-,12-,13+/m0/s1. The molecule has 14 heavy (non-hydrogen) atoms.